The molecule has 1 heterocycles. The highest BCUT2D eigenvalue weighted by Crippen LogP contribution is 2.56. The molecule has 0 aromatic carbocycles. The SMILES string of the molecule is CC1CCN(C(=O)C2C3CCCCC32)C(CN)C1.Cl. The molecule has 2 saturated carbocycles. The van der Waals surface area contributed by atoms with E-state index in [9.17, 15) is 4.79 Å². The number of piperidine rings is 1. The molecule has 19 heavy (non-hydrogen) atoms. The van der Waals surface area contributed by atoms with Gasteiger partial charge in [-0.05, 0) is 43.4 Å². The number of nitrogens with zero attached hydrogens (tertiary/aromatic N) is 1. The lowest BCUT2D eigenvalue weighted by atomic mass is 9.92. The largest absolute Gasteiger partial charge is 0.338 e. The molecule has 2 aliphatic carbocycles. The van der Waals surface area contributed by atoms with Crippen LogP contribution in [0.3, 0.4) is 0 Å². The topological polar surface area (TPSA) is 46.3 Å². The predicted molar refractivity (Wildman–Crippen MR) is 79.1 cm³/mol. The van der Waals surface area contributed by atoms with E-state index in [0.717, 1.165) is 37.1 Å². The van der Waals surface area contributed by atoms with Crippen LogP contribution in [0.4, 0.5) is 0 Å². The zero-order valence-corrected chi connectivity index (χ0v) is 12.7. The van der Waals surface area contributed by atoms with Gasteiger partial charge in [0.1, 0.15) is 0 Å². The summed E-state index contributed by atoms with van der Waals surface area (Å²) in [4.78, 5) is 14.8. The summed E-state index contributed by atoms with van der Waals surface area (Å²) in [5.41, 5.74) is 5.87. The van der Waals surface area contributed by atoms with E-state index in [1.165, 1.54) is 25.7 Å². The highest BCUT2D eigenvalue weighted by Gasteiger charge is 2.56. The Bertz CT molecular complexity index is 324. The molecule has 3 aliphatic rings. The molecule has 2 N–H and O–H groups in total. The minimum Gasteiger partial charge on any atom is -0.338 e. The average molecular weight is 287 g/mol. The first-order valence-corrected chi connectivity index (χ1v) is 7.73. The maximum absolute atomic E-state index is 12.7. The van der Waals surface area contributed by atoms with Crippen LogP contribution in [-0.2, 0) is 4.79 Å². The summed E-state index contributed by atoms with van der Waals surface area (Å²) in [6.07, 6.45) is 7.51. The van der Waals surface area contributed by atoms with Gasteiger partial charge in [0.25, 0.3) is 0 Å². The highest BCUT2D eigenvalue weighted by atomic mass is 35.5. The number of halogens is 1. The van der Waals surface area contributed by atoms with Gasteiger partial charge in [-0.1, -0.05) is 19.8 Å². The van der Waals surface area contributed by atoms with E-state index in [2.05, 4.69) is 11.8 Å². The number of hydrogen-bond donors (Lipinski definition) is 1. The van der Waals surface area contributed by atoms with Crippen molar-refractivity contribution in [1.29, 1.82) is 0 Å². The van der Waals surface area contributed by atoms with Gasteiger partial charge in [0.05, 0.1) is 0 Å². The second-order valence-electron chi connectivity index (χ2n) is 6.69. The quantitative estimate of drug-likeness (QED) is 0.847. The van der Waals surface area contributed by atoms with Crippen LogP contribution in [-0.4, -0.2) is 29.9 Å². The van der Waals surface area contributed by atoms with Gasteiger partial charge in [-0.15, -0.1) is 12.4 Å². The van der Waals surface area contributed by atoms with Gasteiger partial charge in [0.15, 0.2) is 0 Å². The Balaban J connectivity index is 0.00000133. The van der Waals surface area contributed by atoms with Crippen LogP contribution < -0.4 is 5.73 Å². The Hall–Kier alpha value is -0.280. The van der Waals surface area contributed by atoms with Gasteiger partial charge in [0.2, 0.25) is 5.91 Å². The van der Waals surface area contributed by atoms with E-state index < -0.39 is 0 Å². The van der Waals surface area contributed by atoms with Crippen molar-refractivity contribution in [2.45, 2.75) is 51.5 Å². The van der Waals surface area contributed by atoms with Crippen LogP contribution in [0.15, 0.2) is 0 Å². The number of rotatable bonds is 2. The number of carbonyl (C=O) groups is 1. The van der Waals surface area contributed by atoms with Crippen molar-refractivity contribution in [1.82, 2.24) is 4.90 Å². The van der Waals surface area contributed by atoms with Crippen molar-refractivity contribution in [3.8, 4) is 0 Å². The zero-order chi connectivity index (χ0) is 12.7. The van der Waals surface area contributed by atoms with Crippen LogP contribution >= 0.6 is 12.4 Å². The third-order valence-electron chi connectivity index (χ3n) is 5.47. The van der Waals surface area contributed by atoms with Crippen molar-refractivity contribution in [3.63, 3.8) is 0 Å². The molecule has 4 heteroatoms. The molecule has 0 bridgehead atoms. The molecule has 4 unspecified atom stereocenters. The normalized spacial score (nSPS) is 41.2. The maximum Gasteiger partial charge on any atom is 0.226 e. The minimum absolute atomic E-state index is 0. The minimum atomic E-state index is 0. The Morgan fingerprint density at radius 1 is 1.21 bits per heavy atom. The molecule has 0 aromatic heterocycles. The molecule has 110 valence electrons. The second-order valence-corrected chi connectivity index (χ2v) is 6.69. The van der Waals surface area contributed by atoms with Crippen LogP contribution in [0.5, 0.6) is 0 Å². The van der Waals surface area contributed by atoms with E-state index in [1.807, 2.05) is 0 Å². The fourth-order valence-corrected chi connectivity index (χ4v) is 4.32. The van der Waals surface area contributed by atoms with Crippen LogP contribution in [0, 0.1) is 23.7 Å². The Kier molecular flexibility index (Phi) is 4.78. The van der Waals surface area contributed by atoms with E-state index in [-0.39, 0.29) is 12.4 Å². The highest BCUT2D eigenvalue weighted by molar-refractivity contribution is 5.85. The summed E-state index contributed by atoms with van der Waals surface area (Å²) >= 11 is 0. The third kappa shape index (κ3) is 2.78. The van der Waals surface area contributed by atoms with Gasteiger partial charge < -0.3 is 10.6 Å². The third-order valence-corrected chi connectivity index (χ3v) is 5.47. The number of fused-ring (bicyclic) bond motifs is 1. The maximum atomic E-state index is 12.7. The fraction of sp³-hybridized carbons (Fsp3) is 0.933. The van der Waals surface area contributed by atoms with Crippen molar-refractivity contribution in [3.05, 3.63) is 0 Å². The van der Waals surface area contributed by atoms with Gasteiger partial charge in [0, 0.05) is 25.0 Å². The van der Waals surface area contributed by atoms with Gasteiger partial charge in [-0.25, -0.2) is 0 Å². The lowest BCUT2D eigenvalue weighted by Crippen LogP contribution is -2.50. The molecule has 3 rings (SSSR count). The van der Waals surface area contributed by atoms with E-state index >= 15 is 0 Å². The molecule has 0 radical (unpaired) electrons. The molecule has 3 fully saturated rings. The first-order valence-electron chi connectivity index (χ1n) is 7.73. The first kappa shape index (κ1) is 15.1. The van der Waals surface area contributed by atoms with Crippen molar-refractivity contribution >= 4 is 18.3 Å². The Morgan fingerprint density at radius 3 is 2.42 bits per heavy atom. The van der Waals surface area contributed by atoms with Crippen molar-refractivity contribution in [2.75, 3.05) is 13.1 Å². The first-order chi connectivity index (χ1) is 8.72. The molecular formula is C15H27ClN2O. The Labute approximate surface area is 122 Å². The Morgan fingerprint density at radius 2 is 1.84 bits per heavy atom. The van der Waals surface area contributed by atoms with E-state index in [1.54, 1.807) is 0 Å². The number of carbonyl (C=O) groups excluding carboxylic acids is 1. The lowest BCUT2D eigenvalue weighted by molar-refractivity contribution is -0.137. The van der Waals surface area contributed by atoms with Gasteiger partial charge in [-0.2, -0.15) is 0 Å². The number of hydrogen-bond acceptors (Lipinski definition) is 2. The predicted octanol–water partition coefficient (Wildman–Crippen LogP) is 2.43. The molecule has 0 aromatic rings. The molecular weight excluding hydrogens is 260 g/mol. The van der Waals surface area contributed by atoms with Crippen molar-refractivity contribution in [2.24, 2.45) is 29.4 Å². The molecule has 0 spiro atoms. The summed E-state index contributed by atoms with van der Waals surface area (Å²) in [7, 11) is 0. The van der Waals surface area contributed by atoms with Crippen LogP contribution in [0.25, 0.3) is 0 Å². The van der Waals surface area contributed by atoms with E-state index in [4.69, 9.17) is 5.73 Å². The van der Waals surface area contributed by atoms with Crippen molar-refractivity contribution < 1.29 is 4.79 Å². The molecule has 3 nitrogen and oxygen atoms in total. The van der Waals surface area contributed by atoms with E-state index in [0.29, 0.717) is 24.4 Å². The van der Waals surface area contributed by atoms with Gasteiger partial charge >= 0.3 is 0 Å². The zero-order valence-electron chi connectivity index (χ0n) is 11.9. The second kappa shape index (κ2) is 6.01. The van der Waals surface area contributed by atoms with Gasteiger partial charge in [-0.3, -0.25) is 4.79 Å². The summed E-state index contributed by atoms with van der Waals surface area (Å²) in [6, 6.07) is 0.309. The number of nitrogens with two attached hydrogens (primary N) is 1. The fourth-order valence-electron chi connectivity index (χ4n) is 4.32. The number of likely N-dealkylation sites (tertiary alicyclic amines) is 1. The van der Waals surface area contributed by atoms with Crippen LogP contribution in [0.1, 0.15) is 45.4 Å². The summed E-state index contributed by atoms with van der Waals surface area (Å²) < 4.78 is 0. The molecule has 1 amide bonds. The number of amides is 1. The summed E-state index contributed by atoms with van der Waals surface area (Å²) in [6.45, 7) is 3.86. The monoisotopic (exact) mass is 286 g/mol. The smallest absolute Gasteiger partial charge is 0.226 e. The average Bonchev–Trinajstić information content (AvgIpc) is 3.12. The standard InChI is InChI=1S/C15H26N2O.ClH/c1-10-6-7-17(11(8-10)9-16)15(18)14-12-4-2-3-5-13(12)14;/h10-14H,2-9,16H2,1H3;1H. The molecule has 1 aliphatic heterocycles. The lowest BCUT2D eigenvalue weighted by Gasteiger charge is -2.38. The molecule has 4 atom stereocenters. The molecule has 1 saturated heterocycles. The van der Waals surface area contributed by atoms with Crippen LogP contribution in [0.2, 0.25) is 0 Å². The summed E-state index contributed by atoms with van der Waals surface area (Å²) in [5, 5.41) is 0. The summed E-state index contributed by atoms with van der Waals surface area (Å²) in [5.74, 6) is 2.99.